The van der Waals surface area contributed by atoms with Crippen molar-refractivity contribution in [1.82, 2.24) is 0 Å². The largest absolute Gasteiger partial charge is 0.454 e. The number of esters is 1. The minimum absolute atomic E-state index is 0.244. The van der Waals surface area contributed by atoms with Gasteiger partial charge in [-0.1, -0.05) is 78.9 Å². The Kier molecular flexibility index (Phi) is 6.71. The van der Waals surface area contributed by atoms with Crippen LogP contribution in [0.2, 0.25) is 0 Å². The summed E-state index contributed by atoms with van der Waals surface area (Å²) in [6.07, 6.45) is 0. The number of hydrogen-bond acceptors (Lipinski definition) is 4. The quantitative estimate of drug-likeness (QED) is 0.301. The molecule has 1 amide bonds. The smallest absolute Gasteiger partial charge is 0.338 e. The van der Waals surface area contributed by atoms with Crippen LogP contribution in [0.3, 0.4) is 0 Å². The molecule has 0 aliphatic rings. The predicted molar refractivity (Wildman–Crippen MR) is 127 cm³/mol. The average molecular weight is 435 g/mol. The molecular weight excluding hydrogens is 414 g/mol. The zero-order valence-corrected chi connectivity index (χ0v) is 17.7. The minimum atomic E-state index is -0.639. The van der Waals surface area contributed by atoms with E-state index in [0.717, 1.165) is 11.1 Å². The summed E-state index contributed by atoms with van der Waals surface area (Å²) in [7, 11) is 0. The number of nitrogens with one attached hydrogen (secondary N) is 1. The summed E-state index contributed by atoms with van der Waals surface area (Å²) in [5.74, 6) is -1.22. The Morgan fingerprint density at radius 2 is 1.21 bits per heavy atom. The molecule has 33 heavy (non-hydrogen) atoms. The molecule has 5 nitrogen and oxygen atoms in total. The molecule has 4 aromatic rings. The second-order valence-electron chi connectivity index (χ2n) is 7.34. The van der Waals surface area contributed by atoms with Crippen LogP contribution < -0.4 is 5.32 Å². The predicted octanol–water partition coefficient (Wildman–Crippen LogP) is 5.65. The third-order valence-electron chi connectivity index (χ3n) is 5.04. The van der Waals surface area contributed by atoms with Gasteiger partial charge in [0, 0.05) is 16.8 Å². The molecule has 1 N–H and O–H groups in total. The molecule has 4 aromatic carbocycles. The number of benzene rings is 4. The molecule has 0 heterocycles. The molecule has 0 unspecified atom stereocenters. The SMILES string of the molecule is O=C(COC(=O)c1cccc(NC(=O)c2ccccc2)c1)c1ccc(-c2ccccc2)cc1. The van der Waals surface area contributed by atoms with Crippen molar-refractivity contribution in [2.24, 2.45) is 0 Å². The first-order chi connectivity index (χ1) is 16.1. The van der Waals surface area contributed by atoms with Gasteiger partial charge < -0.3 is 10.1 Å². The van der Waals surface area contributed by atoms with Gasteiger partial charge in [0.25, 0.3) is 5.91 Å². The molecule has 0 atom stereocenters. The minimum Gasteiger partial charge on any atom is -0.454 e. The number of Topliss-reactive ketones (excluding diaryl/α,β-unsaturated/α-hetero) is 1. The molecule has 162 valence electrons. The molecule has 0 aliphatic carbocycles. The lowest BCUT2D eigenvalue weighted by Gasteiger charge is -2.08. The molecule has 4 rings (SSSR count). The Labute approximate surface area is 191 Å². The van der Waals surface area contributed by atoms with Gasteiger partial charge in [-0.3, -0.25) is 9.59 Å². The zero-order chi connectivity index (χ0) is 23.0. The highest BCUT2D eigenvalue weighted by atomic mass is 16.5. The van der Waals surface area contributed by atoms with Gasteiger partial charge in [-0.05, 0) is 41.5 Å². The van der Waals surface area contributed by atoms with Crippen LogP contribution in [-0.2, 0) is 4.74 Å². The van der Waals surface area contributed by atoms with E-state index in [9.17, 15) is 14.4 Å². The van der Waals surface area contributed by atoms with Gasteiger partial charge in [-0.15, -0.1) is 0 Å². The summed E-state index contributed by atoms with van der Waals surface area (Å²) >= 11 is 0. The molecular formula is C28H21NO4. The lowest BCUT2D eigenvalue weighted by Crippen LogP contribution is -2.15. The monoisotopic (exact) mass is 435 g/mol. The number of carbonyl (C=O) groups is 3. The summed E-state index contributed by atoms with van der Waals surface area (Å²) in [6, 6.07) is 32.2. The number of ether oxygens (including phenoxy) is 1. The number of carbonyl (C=O) groups excluding carboxylic acids is 3. The van der Waals surface area contributed by atoms with E-state index in [-0.39, 0.29) is 23.9 Å². The van der Waals surface area contributed by atoms with Gasteiger partial charge in [-0.2, -0.15) is 0 Å². The Hall–Kier alpha value is -4.51. The molecule has 0 aromatic heterocycles. The highest BCUT2D eigenvalue weighted by molar-refractivity contribution is 6.05. The maximum absolute atomic E-state index is 12.5. The molecule has 0 spiro atoms. The summed E-state index contributed by atoms with van der Waals surface area (Å²) in [6.45, 7) is -0.371. The van der Waals surface area contributed by atoms with Crippen LogP contribution in [0.1, 0.15) is 31.1 Å². The second kappa shape index (κ2) is 10.2. The van der Waals surface area contributed by atoms with Crippen LogP contribution in [-0.4, -0.2) is 24.3 Å². The van der Waals surface area contributed by atoms with Crippen molar-refractivity contribution in [2.45, 2.75) is 0 Å². The van der Waals surface area contributed by atoms with Crippen molar-refractivity contribution in [3.63, 3.8) is 0 Å². The normalized spacial score (nSPS) is 10.3. The van der Waals surface area contributed by atoms with Crippen LogP contribution in [0.5, 0.6) is 0 Å². The molecule has 5 heteroatoms. The maximum atomic E-state index is 12.5. The summed E-state index contributed by atoms with van der Waals surface area (Å²) in [4.78, 5) is 37.2. The van der Waals surface area contributed by atoms with Gasteiger partial charge in [-0.25, -0.2) is 4.79 Å². The van der Waals surface area contributed by atoms with Gasteiger partial charge in [0.15, 0.2) is 12.4 Å². The van der Waals surface area contributed by atoms with Crippen LogP contribution in [0.25, 0.3) is 11.1 Å². The van der Waals surface area contributed by atoms with E-state index in [1.54, 1.807) is 54.6 Å². The molecule has 0 aliphatic heterocycles. The third kappa shape index (κ3) is 5.60. The fraction of sp³-hybridized carbons (Fsp3) is 0.0357. The number of rotatable bonds is 7. The lowest BCUT2D eigenvalue weighted by molar-refractivity contribution is 0.0474. The molecule has 0 radical (unpaired) electrons. The van der Waals surface area contributed by atoms with Gasteiger partial charge >= 0.3 is 5.97 Å². The molecule has 0 bridgehead atoms. The average Bonchev–Trinajstić information content (AvgIpc) is 2.88. The summed E-state index contributed by atoms with van der Waals surface area (Å²) < 4.78 is 5.20. The van der Waals surface area contributed by atoms with Crippen LogP contribution in [0.15, 0.2) is 109 Å². The van der Waals surface area contributed by atoms with Crippen molar-refractivity contribution in [1.29, 1.82) is 0 Å². The number of hydrogen-bond donors (Lipinski definition) is 1. The summed E-state index contributed by atoms with van der Waals surface area (Å²) in [5.41, 5.74) is 3.73. The van der Waals surface area contributed by atoms with E-state index >= 15 is 0 Å². The topological polar surface area (TPSA) is 72.5 Å². The molecule has 0 saturated heterocycles. The molecule has 0 fully saturated rings. The van der Waals surface area contributed by atoms with Crippen molar-refractivity contribution in [3.8, 4) is 11.1 Å². The number of ketones is 1. The van der Waals surface area contributed by atoms with E-state index in [2.05, 4.69) is 5.32 Å². The Morgan fingerprint density at radius 3 is 1.91 bits per heavy atom. The number of amides is 1. The van der Waals surface area contributed by atoms with Crippen molar-refractivity contribution in [2.75, 3.05) is 11.9 Å². The van der Waals surface area contributed by atoms with E-state index in [0.29, 0.717) is 16.8 Å². The first-order valence-corrected chi connectivity index (χ1v) is 10.4. The van der Waals surface area contributed by atoms with E-state index in [4.69, 9.17) is 4.74 Å². The van der Waals surface area contributed by atoms with Gasteiger partial charge in [0.1, 0.15) is 0 Å². The third-order valence-corrected chi connectivity index (χ3v) is 5.04. The van der Waals surface area contributed by atoms with Crippen LogP contribution in [0.4, 0.5) is 5.69 Å². The highest BCUT2D eigenvalue weighted by Crippen LogP contribution is 2.19. The van der Waals surface area contributed by atoms with E-state index < -0.39 is 5.97 Å². The standard InChI is InChI=1S/C28H21NO4/c30-26(22-16-14-21(15-17-22)20-8-3-1-4-9-20)19-33-28(32)24-12-7-13-25(18-24)29-27(31)23-10-5-2-6-11-23/h1-18H,19H2,(H,29,31). The highest BCUT2D eigenvalue weighted by Gasteiger charge is 2.13. The first-order valence-electron chi connectivity index (χ1n) is 10.4. The van der Waals surface area contributed by atoms with Crippen LogP contribution >= 0.6 is 0 Å². The maximum Gasteiger partial charge on any atom is 0.338 e. The zero-order valence-electron chi connectivity index (χ0n) is 17.7. The second-order valence-corrected chi connectivity index (χ2v) is 7.34. The first kappa shape index (κ1) is 21.7. The summed E-state index contributed by atoms with van der Waals surface area (Å²) in [5, 5.41) is 2.75. The molecule has 0 saturated carbocycles. The van der Waals surface area contributed by atoms with Crippen molar-refractivity contribution in [3.05, 3.63) is 126 Å². The van der Waals surface area contributed by atoms with E-state index in [1.807, 2.05) is 48.5 Å². The fourth-order valence-electron chi connectivity index (χ4n) is 3.29. The van der Waals surface area contributed by atoms with Crippen LogP contribution in [0, 0.1) is 0 Å². The lowest BCUT2D eigenvalue weighted by atomic mass is 10.0. The van der Waals surface area contributed by atoms with Gasteiger partial charge in [0.05, 0.1) is 5.56 Å². The Morgan fingerprint density at radius 1 is 0.606 bits per heavy atom. The van der Waals surface area contributed by atoms with Crippen molar-refractivity contribution >= 4 is 23.3 Å². The fourth-order valence-corrected chi connectivity index (χ4v) is 3.29. The van der Waals surface area contributed by atoms with Gasteiger partial charge in [0.2, 0.25) is 0 Å². The van der Waals surface area contributed by atoms with Crippen molar-refractivity contribution < 1.29 is 19.1 Å². The number of anilines is 1. The Bertz CT molecular complexity index is 1270. The van der Waals surface area contributed by atoms with E-state index in [1.165, 1.54) is 6.07 Å². The Balaban J connectivity index is 1.35.